The summed E-state index contributed by atoms with van der Waals surface area (Å²) >= 11 is 0. The van der Waals surface area contributed by atoms with Crippen molar-refractivity contribution in [3.8, 4) is 11.8 Å². The van der Waals surface area contributed by atoms with Crippen LogP contribution in [0.3, 0.4) is 0 Å². The first kappa shape index (κ1) is 12.8. The molecule has 1 N–H and O–H groups in total. The van der Waals surface area contributed by atoms with Crippen molar-refractivity contribution < 1.29 is 14.7 Å². The highest BCUT2D eigenvalue weighted by molar-refractivity contribution is 5.92. The summed E-state index contributed by atoms with van der Waals surface area (Å²) in [7, 11) is 0. The van der Waals surface area contributed by atoms with E-state index in [1.165, 1.54) is 24.3 Å². The van der Waals surface area contributed by atoms with E-state index in [9.17, 15) is 14.7 Å². The molecule has 0 aromatic heterocycles. The van der Waals surface area contributed by atoms with Gasteiger partial charge in [0.1, 0.15) is 0 Å². The molecule has 0 heterocycles. The predicted molar refractivity (Wildman–Crippen MR) is 62.1 cm³/mol. The second-order valence-corrected chi connectivity index (χ2v) is 3.34. The van der Waals surface area contributed by atoms with Crippen LogP contribution in [0.1, 0.15) is 30.1 Å². The third-order valence-electron chi connectivity index (χ3n) is 2.06. The lowest BCUT2D eigenvalue weighted by atomic mass is 10.2. The highest BCUT2D eigenvalue weighted by Crippen LogP contribution is 2.09. The third kappa shape index (κ3) is 4.39. The molecule has 0 radical (unpaired) electrons. The van der Waals surface area contributed by atoms with E-state index < -0.39 is 5.97 Å². The van der Waals surface area contributed by atoms with E-state index >= 15 is 0 Å². The lowest BCUT2D eigenvalue weighted by Crippen LogP contribution is -2.22. The average molecular weight is 230 g/mol. The maximum Gasteiger partial charge on any atom is 0.225 e. The molecule has 1 amide bonds. The number of carboxylic acids is 1. The number of aromatic carboxylic acids is 1. The summed E-state index contributed by atoms with van der Waals surface area (Å²) in [6.45, 7) is 1.72. The monoisotopic (exact) mass is 230 g/mol. The molecule has 17 heavy (non-hydrogen) atoms. The van der Waals surface area contributed by atoms with Crippen molar-refractivity contribution in [2.24, 2.45) is 0 Å². The normalized spacial score (nSPS) is 9.00. The van der Waals surface area contributed by atoms with E-state index in [0.29, 0.717) is 18.5 Å². The minimum atomic E-state index is -1.24. The molecule has 1 rings (SSSR count). The number of carboxylic acid groups (broad SMARTS) is 1. The summed E-state index contributed by atoms with van der Waals surface area (Å²) in [5.74, 6) is 4.12. The molecular weight excluding hydrogens is 218 g/mol. The van der Waals surface area contributed by atoms with E-state index in [1.807, 2.05) is 0 Å². The Labute approximate surface area is 99.7 Å². The standard InChI is InChI=1S/C13H13NO3/c1-2-3-4-5-12(15)14-11-8-6-10(7-9-11)13(16)17/h6-9H,4-5H2,1H3,(H,14,15)(H,16,17)/p-1. The molecule has 0 saturated carbocycles. The van der Waals surface area contributed by atoms with E-state index in [4.69, 9.17) is 0 Å². The Morgan fingerprint density at radius 3 is 2.47 bits per heavy atom. The lowest BCUT2D eigenvalue weighted by molar-refractivity contribution is -0.255. The van der Waals surface area contributed by atoms with Gasteiger partial charge in [-0.1, -0.05) is 12.1 Å². The van der Waals surface area contributed by atoms with Gasteiger partial charge in [0.15, 0.2) is 0 Å². The lowest BCUT2D eigenvalue weighted by Gasteiger charge is -2.06. The summed E-state index contributed by atoms with van der Waals surface area (Å²) in [4.78, 5) is 21.9. The van der Waals surface area contributed by atoms with Crippen molar-refractivity contribution in [3.63, 3.8) is 0 Å². The van der Waals surface area contributed by atoms with Gasteiger partial charge in [-0.15, -0.1) is 11.8 Å². The molecule has 0 atom stereocenters. The van der Waals surface area contributed by atoms with Crippen LogP contribution in [-0.2, 0) is 4.79 Å². The second-order valence-electron chi connectivity index (χ2n) is 3.34. The van der Waals surface area contributed by atoms with Crippen molar-refractivity contribution in [1.29, 1.82) is 0 Å². The van der Waals surface area contributed by atoms with Crippen LogP contribution in [0.2, 0.25) is 0 Å². The van der Waals surface area contributed by atoms with Crippen LogP contribution in [0, 0.1) is 11.8 Å². The fraction of sp³-hybridized carbons (Fsp3) is 0.231. The summed E-state index contributed by atoms with van der Waals surface area (Å²) in [6, 6.07) is 5.82. The van der Waals surface area contributed by atoms with Crippen molar-refractivity contribution in [2.45, 2.75) is 19.8 Å². The molecule has 1 aromatic carbocycles. The highest BCUT2D eigenvalue weighted by atomic mass is 16.4. The number of anilines is 1. The average Bonchev–Trinajstić information content (AvgIpc) is 2.30. The zero-order chi connectivity index (χ0) is 12.7. The van der Waals surface area contributed by atoms with Gasteiger partial charge in [-0.2, -0.15) is 0 Å². The minimum Gasteiger partial charge on any atom is -0.545 e. The first-order valence-electron chi connectivity index (χ1n) is 5.14. The van der Waals surface area contributed by atoms with E-state index in [0.717, 1.165) is 0 Å². The van der Waals surface area contributed by atoms with Gasteiger partial charge >= 0.3 is 0 Å². The Hall–Kier alpha value is -2.28. The quantitative estimate of drug-likeness (QED) is 0.777. The van der Waals surface area contributed by atoms with Crippen LogP contribution >= 0.6 is 0 Å². The van der Waals surface area contributed by atoms with Crippen molar-refractivity contribution in [3.05, 3.63) is 29.8 Å². The molecule has 0 bridgehead atoms. The van der Waals surface area contributed by atoms with E-state index in [2.05, 4.69) is 17.2 Å². The van der Waals surface area contributed by atoms with E-state index in [-0.39, 0.29) is 11.5 Å². The van der Waals surface area contributed by atoms with Gasteiger partial charge in [0, 0.05) is 18.5 Å². The molecule has 88 valence electrons. The maximum absolute atomic E-state index is 11.4. The fourth-order valence-electron chi connectivity index (χ4n) is 1.21. The molecule has 4 nitrogen and oxygen atoms in total. The Morgan fingerprint density at radius 2 is 1.94 bits per heavy atom. The van der Waals surface area contributed by atoms with E-state index in [1.54, 1.807) is 6.92 Å². The number of hydrogen-bond donors (Lipinski definition) is 1. The van der Waals surface area contributed by atoms with Crippen molar-refractivity contribution in [1.82, 2.24) is 0 Å². The molecule has 4 heteroatoms. The number of nitrogens with one attached hydrogen (secondary N) is 1. The molecule has 0 fully saturated rings. The summed E-state index contributed by atoms with van der Waals surface area (Å²) < 4.78 is 0. The smallest absolute Gasteiger partial charge is 0.225 e. The second kappa shape index (κ2) is 6.33. The van der Waals surface area contributed by atoms with Crippen LogP contribution < -0.4 is 10.4 Å². The summed E-state index contributed by atoms with van der Waals surface area (Å²) in [5.41, 5.74) is 0.643. The zero-order valence-corrected chi connectivity index (χ0v) is 9.45. The first-order chi connectivity index (χ1) is 8.13. The predicted octanol–water partition coefficient (Wildman–Crippen LogP) is 0.792. The number of amides is 1. The van der Waals surface area contributed by atoms with Gasteiger partial charge < -0.3 is 15.2 Å². The van der Waals surface area contributed by atoms with Crippen LogP contribution in [0.15, 0.2) is 24.3 Å². The van der Waals surface area contributed by atoms with Crippen molar-refractivity contribution >= 4 is 17.6 Å². The molecular formula is C13H12NO3-. The molecule has 0 aliphatic rings. The summed E-state index contributed by atoms with van der Waals surface area (Å²) in [5, 5.41) is 13.1. The first-order valence-corrected chi connectivity index (χ1v) is 5.14. The van der Waals surface area contributed by atoms with Gasteiger partial charge in [0.05, 0.1) is 5.97 Å². The van der Waals surface area contributed by atoms with Gasteiger partial charge in [-0.25, -0.2) is 0 Å². The van der Waals surface area contributed by atoms with Crippen LogP contribution in [0.5, 0.6) is 0 Å². The fourth-order valence-corrected chi connectivity index (χ4v) is 1.21. The molecule has 0 spiro atoms. The number of carbonyl (C=O) groups is 2. The third-order valence-corrected chi connectivity index (χ3v) is 2.06. The molecule has 0 aliphatic carbocycles. The number of benzene rings is 1. The topological polar surface area (TPSA) is 69.2 Å². The van der Waals surface area contributed by atoms with Gasteiger partial charge in [-0.05, 0) is 24.6 Å². The minimum absolute atomic E-state index is 0.0832. The SMILES string of the molecule is CC#CCCC(=O)Nc1ccc(C(=O)[O-])cc1. The maximum atomic E-state index is 11.4. The summed E-state index contributed by atoms with van der Waals surface area (Å²) in [6.07, 6.45) is 0.836. The largest absolute Gasteiger partial charge is 0.545 e. The van der Waals surface area contributed by atoms with Crippen LogP contribution in [0.4, 0.5) is 5.69 Å². The molecule has 1 aromatic rings. The molecule has 0 saturated heterocycles. The Morgan fingerprint density at radius 1 is 1.29 bits per heavy atom. The Balaban J connectivity index is 2.53. The van der Waals surface area contributed by atoms with Crippen molar-refractivity contribution in [2.75, 3.05) is 5.32 Å². The van der Waals surface area contributed by atoms with Crippen LogP contribution in [-0.4, -0.2) is 11.9 Å². The number of rotatable bonds is 4. The molecule has 0 aliphatic heterocycles. The Bertz CT molecular complexity index is 466. The number of carbonyl (C=O) groups excluding carboxylic acids is 2. The van der Waals surface area contributed by atoms with Gasteiger partial charge in [0.2, 0.25) is 5.91 Å². The molecule has 0 unspecified atom stereocenters. The highest BCUT2D eigenvalue weighted by Gasteiger charge is 2.01. The Kier molecular flexibility index (Phi) is 4.77. The number of hydrogen-bond acceptors (Lipinski definition) is 3. The van der Waals surface area contributed by atoms with Crippen LogP contribution in [0.25, 0.3) is 0 Å². The zero-order valence-electron chi connectivity index (χ0n) is 9.45. The van der Waals surface area contributed by atoms with Gasteiger partial charge in [-0.3, -0.25) is 4.79 Å². The van der Waals surface area contributed by atoms with Gasteiger partial charge in [0.25, 0.3) is 0 Å².